The van der Waals surface area contributed by atoms with E-state index in [2.05, 4.69) is 37.7 Å². The number of nitrogens with one attached hydrogen (secondary N) is 3. The van der Waals surface area contributed by atoms with Crippen molar-refractivity contribution in [2.24, 2.45) is 0 Å². The normalized spacial score (nSPS) is 14.9. The third-order valence-corrected chi connectivity index (χ3v) is 5.36. The second kappa shape index (κ2) is 9.55. The van der Waals surface area contributed by atoms with Gasteiger partial charge in [-0.25, -0.2) is 0 Å². The number of aromatic amines is 1. The zero-order valence-electron chi connectivity index (χ0n) is 17.5. The molecule has 0 unspecified atom stereocenters. The Balaban J connectivity index is 1.35. The van der Waals surface area contributed by atoms with Crippen LogP contribution in [0.4, 0.5) is 11.4 Å². The predicted molar refractivity (Wildman–Crippen MR) is 120 cm³/mol. The Hall–Kier alpha value is -3.49. The zero-order chi connectivity index (χ0) is 21.6. The van der Waals surface area contributed by atoms with Crippen LogP contribution in [0.2, 0.25) is 0 Å². The number of anilines is 2. The summed E-state index contributed by atoms with van der Waals surface area (Å²) in [5.74, 6) is -0.669. The summed E-state index contributed by atoms with van der Waals surface area (Å²) < 4.78 is 0. The van der Waals surface area contributed by atoms with Crippen LogP contribution in [0.1, 0.15) is 26.4 Å². The van der Waals surface area contributed by atoms with E-state index >= 15 is 0 Å². The van der Waals surface area contributed by atoms with Crippen molar-refractivity contribution in [2.45, 2.75) is 6.54 Å². The van der Waals surface area contributed by atoms with Gasteiger partial charge in [-0.15, -0.1) is 0 Å². The highest BCUT2D eigenvalue weighted by Crippen LogP contribution is 2.17. The number of aromatic nitrogens is 2. The van der Waals surface area contributed by atoms with Crippen LogP contribution in [-0.4, -0.2) is 65.0 Å². The second-order valence-electron chi connectivity index (χ2n) is 7.71. The van der Waals surface area contributed by atoms with Crippen molar-refractivity contribution in [3.63, 3.8) is 0 Å². The van der Waals surface area contributed by atoms with E-state index in [4.69, 9.17) is 0 Å². The van der Waals surface area contributed by atoms with Crippen molar-refractivity contribution in [1.29, 1.82) is 0 Å². The predicted octanol–water partition coefficient (Wildman–Crippen LogP) is 2.66. The van der Waals surface area contributed by atoms with Crippen LogP contribution < -0.4 is 10.6 Å². The number of carbonyl (C=O) groups excluding carboxylic acids is 2. The molecule has 2 heterocycles. The average molecular weight is 419 g/mol. The minimum absolute atomic E-state index is 0.200. The van der Waals surface area contributed by atoms with Gasteiger partial charge in [0, 0.05) is 44.0 Å². The van der Waals surface area contributed by atoms with Gasteiger partial charge in [0.25, 0.3) is 11.8 Å². The van der Waals surface area contributed by atoms with E-state index in [0.717, 1.165) is 32.7 Å². The van der Waals surface area contributed by atoms with Crippen molar-refractivity contribution in [1.82, 2.24) is 20.0 Å². The molecule has 0 spiro atoms. The molecule has 1 fully saturated rings. The minimum Gasteiger partial charge on any atom is -0.321 e. The number of nitrogens with zero attached hydrogens (tertiary/aromatic N) is 3. The van der Waals surface area contributed by atoms with Gasteiger partial charge in [0.15, 0.2) is 0 Å². The van der Waals surface area contributed by atoms with Gasteiger partial charge in [-0.1, -0.05) is 30.3 Å². The fraction of sp³-hybridized carbons (Fsp3) is 0.261. The number of benzene rings is 2. The molecule has 2 amide bonds. The van der Waals surface area contributed by atoms with Crippen LogP contribution in [0.25, 0.3) is 0 Å². The molecule has 3 N–H and O–H groups in total. The van der Waals surface area contributed by atoms with Gasteiger partial charge in [0.05, 0.1) is 11.9 Å². The molecule has 160 valence electrons. The number of piperazine rings is 1. The summed E-state index contributed by atoms with van der Waals surface area (Å²) in [5.41, 5.74) is 2.93. The van der Waals surface area contributed by atoms with E-state index in [0.29, 0.717) is 16.9 Å². The molecule has 1 aromatic heterocycles. The zero-order valence-corrected chi connectivity index (χ0v) is 17.5. The topological polar surface area (TPSA) is 93.4 Å². The number of hydrogen-bond donors (Lipinski definition) is 3. The van der Waals surface area contributed by atoms with Crippen molar-refractivity contribution >= 4 is 23.2 Å². The third-order valence-electron chi connectivity index (χ3n) is 5.36. The first-order valence-electron chi connectivity index (χ1n) is 10.3. The SMILES string of the molecule is CN1CCN(Cc2ccc(NC(=O)c3[nH]ncc3NC(=O)c3ccccc3)cc2)CC1. The summed E-state index contributed by atoms with van der Waals surface area (Å²) in [5, 5.41) is 12.2. The average Bonchev–Trinajstić information content (AvgIpc) is 3.25. The molecule has 8 nitrogen and oxygen atoms in total. The van der Waals surface area contributed by atoms with Gasteiger partial charge in [-0.2, -0.15) is 5.10 Å². The maximum Gasteiger partial charge on any atom is 0.275 e. The molecule has 0 atom stereocenters. The molecule has 1 aliphatic rings. The smallest absolute Gasteiger partial charge is 0.275 e. The second-order valence-corrected chi connectivity index (χ2v) is 7.71. The van der Waals surface area contributed by atoms with Gasteiger partial charge in [0.1, 0.15) is 5.69 Å². The monoisotopic (exact) mass is 418 g/mol. The Kier molecular flexibility index (Phi) is 6.40. The largest absolute Gasteiger partial charge is 0.321 e. The van der Waals surface area contributed by atoms with Gasteiger partial charge < -0.3 is 15.5 Å². The lowest BCUT2D eigenvalue weighted by molar-refractivity contribution is 0.102. The molecule has 0 radical (unpaired) electrons. The van der Waals surface area contributed by atoms with Crippen LogP contribution in [0.15, 0.2) is 60.8 Å². The first-order valence-corrected chi connectivity index (χ1v) is 10.3. The van der Waals surface area contributed by atoms with E-state index in [1.165, 1.54) is 11.8 Å². The number of hydrogen-bond acceptors (Lipinski definition) is 5. The van der Waals surface area contributed by atoms with Crippen molar-refractivity contribution in [3.05, 3.63) is 77.6 Å². The van der Waals surface area contributed by atoms with E-state index in [1.54, 1.807) is 24.3 Å². The number of amides is 2. The van der Waals surface area contributed by atoms with E-state index in [1.807, 2.05) is 30.3 Å². The van der Waals surface area contributed by atoms with Gasteiger partial charge in [-0.3, -0.25) is 19.6 Å². The first kappa shape index (κ1) is 20.8. The molecule has 3 aromatic rings. The van der Waals surface area contributed by atoms with Crippen LogP contribution in [0.5, 0.6) is 0 Å². The molecule has 2 aromatic carbocycles. The van der Waals surface area contributed by atoms with Crippen molar-refractivity contribution in [3.8, 4) is 0 Å². The Morgan fingerprint density at radius 1 is 0.935 bits per heavy atom. The molecule has 0 saturated carbocycles. The van der Waals surface area contributed by atoms with Crippen LogP contribution in [0, 0.1) is 0 Å². The highest BCUT2D eigenvalue weighted by atomic mass is 16.2. The molecule has 31 heavy (non-hydrogen) atoms. The van der Waals surface area contributed by atoms with Crippen LogP contribution in [-0.2, 0) is 6.54 Å². The molecule has 4 rings (SSSR count). The lowest BCUT2D eigenvalue weighted by Crippen LogP contribution is -2.43. The summed E-state index contributed by atoms with van der Waals surface area (Å²) in [6.07, 6.45) is 1.43. The molecule has 8 heteroatoms. The first-order chi connectivity index (χ1) is 15.1. The summed E-state index contributed by atoms with van der Waals surface area (Å²) >= 11 is 0. The van der Waals surface area contributed by atoms with Crippen LogP contribution >= 0.6 is 0 Å². The van der Waals surface area contributed by atoms with Crippen molar-refractivity contribution < 1.29 is 9.59 Å². The molecule has 1 aliphatic heterocycles. The van der Waals surface area contributed by atoms with Gasteiger partial charge >= 0.3 is 0 Å². The maximum absolute atomic E-state index is 12.7. The lowest BCUT2D eigenvalue weighted by atomic mass is 10.1. The van der Waals surface area contributed by atoms with E-state index in [9.17, 15) is 9.59 Å². The molecular formula is C23H26N6O2. The van der Waals surface area contributed by atoms with E-state index < -0.39 is 0 Å². The summed E-state index contributed by atoms with van der Waals surface area (Å²) in [4.78, 5) is 29.8. The number of rotatable bonds is 6. The maximum atomic E-state index is 12.7. The van der Waals surface area contributed by atoms with E-state index in [-0.39, 0.29) is 17.5 Å². The molecule has 0 bridgehead atoms. The van der Waals surface area contributed by atoms with Crippen molar-refractivity contribution in [2.75, 3.05) is 43.9 Å². The third kappa shape index (κ3) is 5.36. The number of H-pyrrole nitrogens is 1. The Morgan fingerprint density at radius 2 is 1.65 bits per heavy atom. The highest BCUT2D eigenvalue weighted by Gasteiger charge is 2.17. The fourth-order valence-corrected chi connectivity index (χ4v) is 3.49. The quantitative estimate of drug-likeness (QED) is 0.572. The van der Waals surface area contributed by atoms with Crippen LogP contribution in [0.3, 0.4) is 0 Å². The Labute approximate surface area is 181 Å². The number of likely N-dealkylation sites (N-methyl/N-ethyl adjacent to an activating group) is 1. The lowest BCUT2D eigenvalue weighted by Gasteiger charge is -2.32. The van der Waals surface area contributed by atoms with Gasteiger partial charge in [-0.05, 0) is 36.9 Å². The van der Waals surface area contributed by atoms with Gasteiger partial charge in [0.2, 0.25) is 0 Å². The molecule has 1 saturated heterocycles. The standard InChI is InChI=1S/C23H26N6O2/c1-28-11-13-29(14-12-28)16-17-7-9-19(10-8-17)25-23(31)21-20(15-24-27-21)26-22(30)18-5-3-2-4-6-18/h2-10,15H,11-14,16H2,1H3,(H,24,27)(H,25,31)(H,26,30). The molecular weight excluding hydrogens is 392 g/mol. The summed E-state index contributed by atoms with van der Waals surface area (Å²) in [6, 6.07) is 16.7. The Bertz CT molecular complexity index is 1020. The molecule has 0 aliphatic carbocycles. The summed E-state index contributed by atoms with van der Waals surface area (Å²) in [7, 11) is 2.15. The fourth-order valence-electron chi connectivity index (χ4n) is 3.49. The minimum atomic E-state index is -0.368. The summed E-state index contributed by atoms with van der Waals surface area (Å²) in [6.45, 7) is 5.19. The highest BCUT2D eigenvalue weighted by molar-refractivity contribution is 6.11. The number of carbonyl (C=O) groups is 2. The Morgan fingerprint density at radius 3 is 2.35 bits per heavy atom.